The summed E-state index contributed by atoms with van der Waals surface area (Å²) in [6, 6.07) is 11.8. The molecule has 1 aromatic carbocycles. The van der Waals surface area contributed by atoms with Crippen molar-refractivity contribution in [2.24, 2.45) is 5.10 Å². The lowest BCUT2D eigenvalue weighted by atomic mass is 10.1. The van der Waals surface area contributed by atoms with Crippen LogP contribution in [0.25, 0.3) is 21.8 Å². The first kappa shape index (κ1) is 14.3. The topological polar surface area (TPSA) is 53.4 Å². The third kappa shape index (κ3) is 2.73. The van der Waals surface area contributed by atoms with Gasteiger partial charge < -0.3 is 4.90 Å². The summed E-state index contributed by atoms with van der Waals surface area (Å²) in [6.07, 6.45) is 3.46. The van der Waals surface area contributed by atoms with Gasteiger partial charge in [0.25, 0.3) is 0 Å². The van der Waals surface area contributed by atoms with Gasteiger partial charge in [-0.2, -0.15) is 5.10 Å². The molecular weight excluding hydrogens is 294 g/mol. The van der Waals surface area contributed by atoms with Gasteiger partial charge in [0.2, 0.25) is 0 Å². The minimum absolute atomic E-state index is 0.541. The van der Waals surface area contributed by atoms with Gasteiger partial charge in [0.15, 0.2) is 5.11 Å². The van der Waals surface area contributed by atoms with Crippen LogP contribution in [0.4, 0.5) is 0 Å². The Labute approximate surface area is 133 Å². The number of hydrogen-bond acceptors (Lipinski definition) is 4. The second kappa shape index (κ2) is 6.03. The van der Waals surface area contributed by atoms with Crippen molar-refractivity contribution < 1.29 is 0 Å². The van der Waals surface area contributed by atoms with Crippen LogP contribution in [0.2, 0.25) is 0 Å². The first-order valence-corrected chi connectivity index (χ1v) is 7.21. The zero-order chi connectivity index (χ0) is 15.5. The standard InChI is InChI=1S/C16H15N5S/c1-21(2)16(22)20-18-10-14-12-7-5-9-17-15(12)11-6-3-4-8-13(11)19-14/h3-10H,1-2H3,(H,20,22)/b18-10+. The summed E-state index contributed by atoms with van der Waals surface area (Å²) in [5, 5.41) is 6.71. The van der Waals surface area contributed by atoms with E-state index in [0.717, 1.165) is 27.5 Å². The Morgan fingerprint density at radius 1 is 1.18 bits per heavy atom. The molecule has 0 aliphatic carbocycles. The Bertz CT molecular complexity index is 873. The maximum Gasteiger partial charge on any atom is 0.189 e. The van der Waals surface area contributed by atoms with Gasteiger partial charge in [0, 0.05) is 31.1 Å². The second-order valence-electron chi connectivity index (χ2n) is 4.98. The minimum atomic E-state index is 0.541. The first-order chi connectivity index (χ1) is 10.7. The number of para-hydroxylation sites is 1. The highest BCUT2D eigenvalue weighted by molar-refractivity contribution is 7.80. The number of benzene rings is 1. The molecule has 1 N–H and O–H groups in total. The molecule has 2 aromatic heterocycles. The molecule has 0 bridgehead atoms. The number of fused-ring (bicyclic) bond motifs is 3. The quantitative estimate of drug-likeness (QED) is 0.341. The largest absolute Gasteiger partial charge is 0.354 e. The molecule has 22 heavy (non-hydrogen) atoms. The highest BCUT2D eigenvalue weighted by Gasteiger charge is 2.07. The minimum Gasteiger partial charge on any atom is -0.354 e. The fourth-order valence-corrected chi connectivity index (χ4v) is 2.19. The van der Waals surface area contributed by atoms with Crippen molar-refractivity contribution in [2.75, 3.05) is 14.1 Å². The van der Waals surface area contributed by atoms with E-state index in [-0.39, 0.29) is 0 Å². The van der Waals surface area contributed by atoms with Crippen molar-refractivity contribution in [3.63, 3.8) is 0 Å². The Kier molecular flexibility index (Phi) is 3.93. The molecule has 0 saturated heterocycles. The van der Waals surface area contributed by atoms with Crippen LogP contribution >= 0.6 is 12.2 Å². The molecule has 3 aromatic rings. The number of nitrogens with zero attached hydrogens (tertiary/aromatic N) is 4. The Hall–Kier alpha value is -2.60. The fraction of sp³-hybridized carbons (Fsp3) is 0.125. The summed E-state index contributed by atoms with van der Waals surface area (Å²) in [5.74, 6) is 0. The first-order valence-electron chi connectivity index (χ1n) is 6.80. The van der Waals surface area contributed by atoms with E-state index in [9.17, 15) is 0 Å². The third-order valence-corrected chi connectivity index (χ3v) is 3.69. The summed E-state index contributed by atoms with van der Waals surface area (Å²) in [5.41, 5.74) is 5.38. The molecule has 3 rings (SSSR count). The highest BCUT2D eigenvalue weighted by atomic mass is 32.1. The number of hydrazone groups is 1. The molecule has 2 heterocycles. The van der Waals surface area contributed by atoms with Crippen LogP contribution in [0.5, 0.6) is 0 Å². The van der Waals surface area contributed by atoms with Crippen LogP contribution < -0.4 is 5.43 Å². The Morgan fingerprint density at radius 3 is 2.77 bits per heavy atom. The average Bonchev–Trinajstić information content (AvgIpc) is 2.54. The molecule has 0 unspecified atom stereocenters. The average molecular weight is 309 g/mol. The number of hydrogen-bond donors (Lipinski definition) is 1. The Morgan fingerprint density at radius 2 is 1.95 bits per heavy atom. The number of thiocarbonyl (C=S) groups is 1. The van der Waals surface area contributed by atoms with E-state index in [1.165, 1.54) is 0 Å². The highest BCUT2D eigenvalue weighted by Crippen LogP contribution is 2.23. The van der Waals surface area contributed by atoms with Gasteiger partial charge in [-0.3, -0.25) is 10.4 Å². The zero-order valence-electron chi connectivity index (χ0n) is 12.3. The van der Waals surface area contributed by atoms with Gasteiger partial charge >= 0.3 is 0 Å². The third-order valence-electron chi connectivity index (χ3n) is 3.24. The molecule has 6 heteroatoms. The van der Waals surface area contributed by atoms with Crippen LogP contribution in [0, 0.1) is 0 Å². The number of aromatic nitrogens is 2. The van der Waals surface area contributed by atoms with Crippen LogP contribution in [0.1, 0.15) is 5.69 Å². The van der Waals surface area contributed by atoms with Crippen LogP contribution in [-0.4, -0.2) is 40.3 Å². The van der Waals surface area contributed by atoms with E-state index in [0.29, 0.717) is 5.11 Å². The van der Waals surface area contributed by atoms with E-state index >= 15 is 0 Å². The lowest BCUT2D eigenvalue weighted by molar-refractivity contribution is 0.606. The predicted molar refractivity (Wildman–Crippen MR) is 94.1 cm³/mol. The molecule has 0 atom stereocenters. The predicted octanol–water partition coefficient (Wildman–Crippen LogP) is 2.55. The van der Waals surface area contributed by atoms with E-state index in [1.54, 1.807) is 17.3 Å². The number of nitrogens with one attached hydrogen (secondary N) is 1. The molecule has 0 spiro atoms. The Balaban J connectivity index is 2.08. The molecule has 5 nitrogen and oxygen atoms in total. The fourth-order valence-electron chi connectivity index (χ4n) is 2.14. The van der Waals surface area contributed by atoms with Crippen molar-refractivity contribution in [2.45, 2.75) is 0 Å². The van der Waals surface area contributed by atoms with Crippen molar-refractivity contribution >= 4 is 45.4 Å². The number of pyridine rings is 2. The van der Waals surface area contributed by atoms with Gasteiger partial charge in [0.1, 0.15) is 0 Å². The van der Waals surface area contributed by atoms with Crippen LogP contribution in [-0.2, 0) is 0 Å². The molecule has 110 valence electrons. The van der Waals surface area contributed by atoms with Crippen molar-refractivity contribution in [1.29, 1.82) is 0 Å². The van der Waals surface area contributed by atoms with Crippen LogP contribution in [0.15, 0.2) is 47.7 Å². The van der Waals surface area contributed by atoms with E-state index in [1.807, 2.05) is 50.5 Å². The van der Waals surface area contributed by atoms with Gasteiger partial charge in [-0.15, -0.1) is 0 Å². The summed E-state index contributed by atoms with van der Waals surface area (Å²) < 4.78 is 0. The summed E-state index contributed by atoms with van der Waals surface area (Å²) in [7, 11) is 3.72. The SMILES string of the molecule is CN(C)C(=S)N/N=C/c1nc2ccccc2c2ncccc12. The number of rotatable bonds is 2. The summed E-state index contributed by atoms with van der Waals surface area (Å²) in [6.45, 7) is 0. The van der Waals surface area contributed by atoms with Gasteiger partial charge in [-0.1, -0.05) is 18.2 Å². The van der Waals surface area contributed by atoms with Crippen molar-refractivity contribution in [3.05, 3.63) is 48.3 Å². The lowest BCUT2D eigenvalue weighted by Gasteiger charge is -2.11. The van der Waals surface area contributed by atoms with Gasteiger partial charge in [0.05, 0.1) is 22.9 Å². The molecule has 0 saturated carbocycles. The lowest BCUT2D eigenvalue weighted by Crippen LogP contribution is -2.30. The van der Waals surface area contributed by atoms with E-state index in [4.69, 9.17) is 12.2 Å². The molecule has 0 amide bonds. The van der Waals surface area contributed by atoms with Crippen molar-refractivity contribution in [1.82, 2.24) is 20.3 Å². The van der Waals surface area contributed by atoms with E-state index in [2.05, 4.69) is 20.5 Å². The molecule has 0 fully saturated rings. The molecular formula is C16H15N5S. The summed E-state index contributed by atoms with van der Waals surface area (Å²) >= 11 is 5.13. The maximum atomic E-state index is 5.13. The van der Waals surface area contributed by atoms with E-state index < -0.39 is 0 Å². The normalized spacial score (nSPS) is 11.2. The monoisotopic (exact) mass is 309 g/mol. The molecule has 0 aliphatic rings. The zero-order valence-corrected chi connectivity index (χ0v) is 13.1. The van der Waals surface area contributed by atoms with Crippen molar-refractivity contribution in [3.8, 4) is 0 Å². The van der Waals surface area contributed by atoms with Gasteiger partial charge in [-0.25, -0.2) is 4.98 Å². The van der Waals surface area contributed by atoms with Crippen LogP contribution in [0.3, 0.4) is 0 Å². The van der Waals surface area contributed by atoms with Gasteiger partial charge in [-0.05, 0) is 30.4 Å². The molecule has 0 radical (unpaired) electrons. The molecule has 0 aliphatic heterocycles. The maximum absolute atomic E-state index is 5.13. The summed E-state index contributed by atoms with van der Waals surface area (Å²) in [4.78, 5) is 10.9. The smallest absolute Gasteiger partial charge is 0.189 e. The second-order valence-corrected chi connectivity index (χ2v) is 5.37.